The standard InChI is InChI=1S/C15H12N2O2S/c1-10-4-6-11(7-5-10)16-15-17-14(18)13(20-15)9-12-3-2-8-19-12/h2-9H,1H3,(H,16,17,18). The van der Waals surface area contributed by atoms with Crippen LogP contribution in [-0.2, 0) is 4.79 Å². The molecule has 1 aromatic heterocycles. The second-order valence-corrected chi connectivity index (χ2v) is 5.36. The number of furan rings is 1. The van der Waals surface area contributed by atoms with E-state index in [2.05, 4.69) is 10.3 Å². The molecule has 3 rings (SSSR count). The number of aryl methyl sites for hydroxylation is 1. The molecule has 0 atom stereocenters. The number of benzene rings is 1. The van der Waals surface area contributed by atoms with Crippen LogP contribution in [-0.4, -0.2) is 11.1 Å². The van der Waals surface area contributed by atoms with Gasteiger partial charge < -0.3 is 9.73 Å². The van der Waals surface area contributed by atoms with E-state index in [9.17, 15) is 4.79 Å². The summed E-state index contributed by atoms with van der Waals surface area (Å²) in [6.45, 7) is 2.02. The van der Waals surface area contributed by atoms with Crippen LogP contribution in [0.1, 0.15) is 11.3 Å². The van der Waals surface area contributed by atoms with Gasteiger partial charge in [0.25, 0.3) is 5.91 Å². The van der Waals surface area contributed by atoms with Crippen molar-refractivity contribution in [1.29, 1.82) is 0 Å². The summed E-state index contributed by atoms with van der Waals surface area (Å²) in [5, 5.41) is 3.32. The molecule has 5 heteroatoms. The van der Waals surface area contributed by atoms with E-state index in [1.807, 2.05) is 31.2 Å². The number of carbonyl (C=O) groups is 1. The van der Waals surface area contributed by atoms with Crippen molar-refractivity contribution in [3.05, 3.63) is 58.9 Å². The number of amides is 1. The first-order chi connectivity index (χ1) is 9.70. The molecule has 0 unspecified atom stereocenters. The van der Waals surface area contributed by atoms with E-state index in [0.717, 1.165) is 5.69 Å². The summed E-state index contributed by atoms with van der Waals surface area (Å²) < 4.78 is 5.20. The highest BCUT2D eigenvalue weighted by Gasteiger charge is 2.24. The summed E-state index contributed by atoms with van der Waals surface area (Å²) in [7, 11) is 0. The maximum Gasteiger partial charge on any atom is 0.264 e. The zero-order valence-corrected chi connectivity index (χ0v) is 11.6. The number of hydrogen-bond donors (Lipinski definition) is 1. The Morgan fingerprint density at radius 1 is 1.25 bits per heavy atom. The van der Waals surface area contributed by atoms with Gasteiger partial charge in [-0.05, 0) is 43.0 Å². The first kappa shape index (κ1) is 12.7. The third kappa shape index (κ3) is 2.83. The zero-order valence-electron chi connectivity index (χ0n) is 10.8. The van der Waals surface area contributed by atoms with Gasteiger partial charge in [-0.3, -0.25) is 4.79 Å². The van der Waals surface area contributed by atoms with Gasteiger partial charge in [-0.1, -0.05) is 17.7 Å². The average molecular weight is 284 g/mol. The topological polar surface area (TPSA) is 54.6 Å². The van der Waals surface area contributed by atoms with Crippen LogP contribution in [0, 0.1) is 6.92 Å². The van der Waals surface area contributed by atoms with Crippen LogP contribution in [0.25, 0.3) is 6.08 Å². The number of nitrogens with one attached hydrogen (secondary N) is 1. The van der Waals surface area contributed by atoms with Gasteiger partial charge in [0.05, 0.1) is 16.9 Å². The minimum absolute atomic E-state index is 0.155. The Kier molecular flexibility index (Phi) is 3.43. The van der Waals surface area contributed by atoms with Crippen molar-refractivity contribution in [1.82, 2.24) is 5.32 Å². The molecule has 4 nitrogen and oxygen atoms in total. The minimum atomic E-state index is -0.155. The lowest BCUT2D eigenvalue weighted by Gasteiger charge is -1.96. The van der Waals surface area contributed by atoms with Gasteiger partial charge in [0, 0.05) is 6.08 Å². The molecule has 1 aliphatic rings. The number of aliphatic imine (C=N–C) groups is 1. The van der Waals surface area contributed by atoms with Gasteiger partial charge in [-0.25, -0.2) is 4.99 Å². The van der Waals surface area contributed by atoms with Gasteiger partial charge in [-0.15, -0.1) is 0 Å². The van der Waals surface area contributed by atoms with Crippen LogP contribution in [0.5, 0.6) is 0 Å². The molecule has 20 heavy (non-hydrogen) atoms. The summed E-state index contributed by atoms with van der Waals surface area (Å²) in [5.74, 6) is 0.497. The molecular weight excluding hydrogens is 272 g/mol. The second kappa shape index (κ2) is 5.38. The smallest absolute Gasteiger partial charge is 0.264 e. The van der Waals surface area contributed by atoms with Gasteiger partial charge in [0.2, 0.25) is 0 Å². The largest absolute Gasteiger partial charge is 0.465 e. The van der Waals surface area contributed by atoms with Crippen LogP contribution in [0.3, 0.4) is 0 Å². The third-order valence-corrected chi connectivity index (χ3v) is 3.64. The molecular formula is C15H12N2O2S. The highest BCUT2D eigenvalue weighted by Crippen LogP contribution is 2.28. The third-order valence-electron chi connectivity index (χ3n) is 2.73. The molecule has 0 radical (unpaired) electrons. The van der Waals surface area contributed by atoms with Crippen molar-refractivity contribution in [3.8, 4) is 0 Å². The number of rotatable bonds is 2. The van der Waals surface area contributed by atoms with Crippen LogP contribution >= 0.6 is 11.8 Å². The number of nitrogens with zero attached hydrogens (tertiary/aromatic N) is 1. The van der Waals surface area contributed by atoms with Crippen molar-refractivity contribution in [2.45, 2.75) is 6.92 Å². The Balaban J connectivity index is 1.81. The molecule has 2 aromatic rings. The van der Waals surface area contributed by atoms with Crippen LogP contribution in [0.2, 0.25) is 0 Å². The molecule has 1 N–H and O–H groups in total. The Morgan fingerprint density at radius 3 is 2.75 bits per heavy atom. The zero-order chi connectivity index (χ0) is 13.9. The first-order valence-electron chi connectivity index (χ1n) is 6.10. The molecule has 1 aliphatic heterocycles. The van der Waals surface area contributed by atoms with Crippen molar-refractivity contribution in [2.75, 3.05) is 0 Å². The van der Waals surface area contributed by atoms with E-state index in [-0.39, 0.29) is 5.91 Å². The Labute approximate surface area is 120 Å². The normalized spacial score (nSPS) is 18.8. The van der Waals surface area contributed by atoms with Crippen molar-refractivity contribution >= 4 is 34.6 Å². The van der Waals surface area contributed by atoms with E-state index in [4.69, 9.17) is 4.42 Å². The molecule has 1 amide bonds. The minimum Gasteiger partial charge on any atom is -0.465 e. The summed E-state index contributed by atoms with van der Waals surface area (Å²) in [6.07, 6.45) is 3.28. The van der Waals surface area contributed by atoms with E-state index >= 15 is 0 Å². The quantitative estimate of drug-likeness (QED) is 0.859. The van der Waals surface area contributed by atoms with E-state index in [0.29, 0.717) is 15.8 Å². The van der Waals surface area contributed by atoms with Crippen LogP contribution < -0.4 is 5.32 Å². The Bertz CT molecular complexity index is 685. The summed E-state index contributed by atoms with van der Waals surface area (Å²) in [4.78, 5) is 16.8. The SMILES string of the molecule is Cc1ccc(N=C2NC(=O)C(=Cc3ccco3)S2)cc1. The number of hydrogen-bond acceptors (Lipinski definition) is 4. The lowest BCUT2D eigenvalue weighted by molar-refractivity contribution is -0.115. The number of amidine groups is 1. The maximum atomic E-state index is 11.8. The van der Waals surface area contributed by atoms with Gasteiger partial charge in [-0.2, -0.15) is 0 Å². The molecule has 0 spiro atoms. The fourth-order valence-corrected chi connectivity index (χ4v) is 2.54. The van der Waals surface area contributed by atoms with E-state index in [1.165, 1.54) is 17.3 Å². The number of carbonyl (C=O) groups excluding carboxylic acids is 1. The van der Waals surface area contributed by atoms with Gasteiger partial charge >= 0.3 is 0 Å². The molecule has 0 bridgehead atoms. The predicted octanol–water partition coefficient (Wildman–Crippen LogP) is 3.48. The van der Waals surface area contributed by atoms with Gasteiger partial charge in [0.15, 0.2) is 5.17 Å². The number of thioether (sulfide) groups is 1. The maximum absolute atomic E-state index is 11.8. The fourth-order valence-electron chi connectivity index (χ4n) is 1.72. The molecule has 100 valence electrons. The monoisotopic (exact) mass is 284 g/mol. The average Bonchev–Trinajstić information content (AvgIpc) is 3.04. The van der Waals surface area contributed by atoms with Crippen LogP contribution in [0.15, 0.2) is 57.0 Å². The molecule has 1 aromatic carbocycles. The molecule has 2 heterocycles. The lowest BCUT2D eigenvalue weighted by Crippen LogP contribution is -2.19. The summed E-state index contributed by atoms with van der Waals surface area (Å²) >= 11 is 1.31. The summed E-state index contributed by atoms with van der Waals surface area (Å²) in [6, 6.07) is 11.4. The second-order valence-electron chi connectivity index (χ2n) is 4.33. The molecule has 1 fully saturated rings. The molecule has 1 saturated heterocycles. The highest BCUT2D eigenvalue weighted by molar-refractivity contribution is 8.18. The van der Waals surface area contributed by atoms with Crippen LogP contribution in [0.4, 0.5) is 5.69 Å². The highest BCUT2D eigenvalue weighted by atomic mass is 32.2. The van der Waals surface area contributed by atoms with Crippen molar-refractivity contribution in [3.63, 3.8) is 0 Å². The summed E-state index contributed by atoms with van der Waals surface area (Å²) in [5.41, 5.74) is 1.99. The van der Waals surface area contributed by atoms with Gasteiger partial charge in [0.1, 0.15) is 5.76 Å². The van der Waals surface area contributed by atoms with Crippen molar-refractivity contribution < 1.29 is 9.21 Å². The van der Waals surface area contributed by atoms with E-state index in [1.54, 1.807) is 24.5 Å². The Hall–Kier alpha value is -2.27. The Morgan fingerprint density at radius 2 is 2.05 bits per heavy atom. The van der Waals surface area contributed by atoms with E-state index < -0.39 is 0 Å². The fraction of sp³-hybridized carbons (Fsp3) is 0.0667. The first-order valence-corrected chi connectivity index (χ1v) is 6.92. The molecule has 0 saturated carbocycles. The van der Waals surface area contributed by atoms with Crippen molar-refractivity contribution in [2.24, 2.45) is 4.99 Å². The lowest BCUT2D eigenvalue weighted by atomic mass is 10.2. The molecule has 0 aliphatic carbocycles. The predicted molar refractivity (Wildman–Crippen MR) is 80.7 cm³/mol.